The van der Waals surface area contributed by atoms with Crippen molar-refractivity contribution in [3.05, 3.63) is 60.2 Å². The summed E-state index contributed by atoms with van der Waals surface area (Å²) in [5, 5.41) is 2.59. The molecule has 2 rings (SSSR count). The van der Waals surface area contributed by atoms with Crippen LogP contribution in [0.15, 0.2) is 54.6 Å². The summed E-state index contributed by atoms with van der Waals surface area (Å²) in [5.74, 6) is -0.643. The van der Waals surface area contributed by atoms with Crippen LogP contribution in [0.1, 0.15) is 30.6 Å². The molecule has 26 heavy (non-hydrogen) atoms. The Morgan fingerprint density at radius 2 is 1.77 bits per heavy atom. The number of Topliss-reactive ketones (excluding diaryl/α,β-unsaturated/α-hetero) is 1. The molecule has 1 atom stereocenters. The number of nitrogens with one attached hydrogen (secondary N) is 1. The van der Waals surface area contributed by atoms with Gasteiger partial charge in [0.25, 0.3) is 5.91 Å². The predicted octanol–water partition coefficient (Wildman–Crippen LogP) is 3.23. The third kappa shape index (κ3) is 5.73. The molecule has 2 aromatic rings. The van der Waals surface area contributed by atoms with E-state index in [0.717, 1.165) is 0 Å². The lowest BCUT2D eigenvalue weighted by Gasteiger charge is -2.16. The minimum atomic E-state index is -0.786. The van der Waals surface area contributed by atoms with Gasteiger partial charge in [-0.25, -0.2) is 4.79 Å². The van der Waals surface area contributed by atoms with Gasteiger partial charge in [-0.2, -0.15) is 0 Å². The van der Waals surface area contributed by atoms with Crippen molar-refractivity contribution in [3.8, 4) is 5.75 Å². The smallest absolute Gasteiger partial charge is 0.347 e. The van der Waals surface area contributed by atoms with Gasteiger partial charge >= 0.3 is 5.97 Å². The first-order chi connectivity index (χ1) is 12.5. The van der Waals surface area contributed by atoms with E-state index in [4.69, 9.17) is 9.47 Å². The second kappa shape index (κ2) is 9.36. The molecular formula is C20H21NO5. The minimum Gasteiger partial charge on any atom is -0.479 e. The Balaban J connectivity index is 1.86. The van der Waals surface area contributed by atoms with Gasteiger partial charge in [-0.3, -0.25) is 9.59 Å². The number of hydrogen-bond donors (Lipinski definition) is 1. The highest BCUT2D eigenvalue weighted by Crippen LogP contribution is 2.14. The van der Waals surface area contributed by atoms with E-state index in [9.17, 15) is 14.4 Å². The number of carbonyl (C=O) groups excluding carboxylic acids is 3. The SMILES string of the molecule is CC[C@@H](Oc1ccccc1)C(=O)OCC(=O)Nc1cccc(C(C)=O)c1. The molecule has 0 heterocycles. The Labute approximate surface area is 152 Å². The van der Waals surface area contributed by atoms with Crippen molar-refractivity contribution >= 4 is 23.3 Å². The maximum atomic E-state index is 12.1. The summed E-state index contributed by atoms with van der Waals surface area (Å²) in [5.41, 5.74) is 0.952. The van der Waals surface area contributed by atoms with Crippen molar-refractivity contribution in [3.63, 3.8) is 0 Å². The second-order valence-electron chi connectivity index (χ2n) is 5.62. The fraction of sp³-hybridized carbons (Fsp3) is 0.250. The van der Waals surface area contributed by atoms with E-state index in [1.54, 1.807) is 55.5 Å². The fourth-order valence-electron chi connectivity index (χ4n) is 2.20. The molecule has 0 spiro atoms. The van der Waals surface area contributed by atoms with Crippen molar-refractivity contribution < 1.29 is 23.9 Å². The van der Waals surface area contributed by atoms with Crippen LogP contribution in [0.3, 0.4) is 0 Å². The predicted molar refractivity (Wildman–Crippen MR) is 97.2 cm³/mol. The molecule has 0 aliphatic rings. The maximum Gasteiger partial charge on any atom is 0.347 e. The number of rotatable bonds is 8. The molecule has 0 aliphatic carbocycles. The number of anilines is 1. The minimum absolute atomic E-state index is 0.101. The van der Waals surface area contributed by atoms with Crippen molar-refractivity contribution in [1.82, 2.24) is 0 Å². The van der Waals surface area contributed by atoms with Crippen molar-refractivity contribution in [2.45, 2.75) is 26.4 Å². The molecule has 0 aliphatic heterocycles. The average molecular weight is 355 g/mol. The molecule has 1 N–H and O–H groups in total. The van der Waals surface area contributed by atoms with E-state index < -0.39 is 24.6 Å². The molecule has 0 saturated carbocycles. The van der Waals surface area contributed by atoms with Crippen molar-refractivity contribution in [1.29, 1.82) is 0 Å². The average Bonchev–Trinajstić information content (AvgIpc) is 2.65. The zero-order valence-corrected chi connectivity index (χ0v) is 14.7. The maximum absolute atomic E-state index is 12.1. The largest absolute Gasteiger partial charge is 0.479 e. The summed E-state index contributed by atoms with van der Waals surface area (Å²) >= 11 is 0. The van der Waals surface area contributed by atoms with Crippen molar-refractivity contribution in [2.24, 2.45) is 0 Å². The summed E-state index contributed by atoms with van der Waals surface area (Å²) in [6.07, 6.45) is -0.373. The summed E-state index contributed by atoms with van der Waals surface area (Å²) in [6.45, 7) is 2.81. The highest BCUT2D eigenvalue weighted by molar-refractivity contribution is 5.97. The number of para-hydroxylation sites is 1. The second-order valence-corrected chi connectivity index (χ2v) is 5.62. The Morgan fingerprint density at radius 1 is 1.04 bits per heavy atom. The van der Waals surface area contributed by atoms with Gasteiger partial charge in [0.15, 0.2) is 18.5 Å². The molecule has 0 bridgehead atoms. The van der Waals surface area contributed by atoms with Gasteiger partial charge in [0.1, 0.15) is 5.75 Å². The van der Waals surface area contributed by atoms with Crippen LogP contribution in [0, 0.1) is 0 Å². The van der Waals surface area contributed by atoms with E-state index >= 15 is 0 Å². The van der Waals surface area contributed by atoms with Gasteiger partial charge in [0.2, 0.25) is 0 Å². The Hall–Kier alpha value is -3.15. The fourth-order valence-corrected chi connectivity index (χ4v) is 2.20. The first-order valence-corrected chi connectivity index (χ1v) is 8.28. The van der Waals surface area contributed by atoms with Crippen LogP contribution in [-0.4, -0.2) is 30.4 Å². The summed E-state index contributed by atoms with van der Waals surface area (Å²) in [4.78, 5) is 35.4. The Kier molecular flexibility index (Phi) is 6.91. The first kappa shape index (κ1) is 19.2. The van der Waals surface area contributed by atoms with Gasteiger partial charge in [-0.1, -0.05) is 37.3 Å². The van der Waals surface area contributed by atoms with Crippen LogP contribution in [0.2, 0.25) is 0 Å². The number of esters is 1. The molecule has 0 fully saturated rings. The third-order valence-electron chi connectivity index (χ3n) is 3.55. The zero-order chi connectivity index (χ0) is 18.9. The van der Waals surface area contributed by atoms with Crippen LogP contribution in [0.5, 0.6) is 5.75 Å². The normalized spacial score (nSPS) is 11.3. The Bertz CT molecular complexity index is 773. The number of ketones is 1. The lowest BCUT2D eigenvalue weighted by Crippen LogP contribution is -2.31. The molecule has 6 nitrogen and oxygen atoms in total. The topological polar surface area (TPSA) is 81.7 Å². The quantitative estimate of drug-likeness (QED) is 0.581. The molecule has 0 saturated heterocycles. The highest BCUT2D eigenvalue weighted by atomic mass is 16.6. The lowest BCUT2D eigenvalue weighted by atomic mass is 10.1. The molecule has 136 valence electrons. The number of benzene rings is 2. The first-order valence-electron chi connectivity index (χ1n) is 8.28. The van der Waals surface area contributed by atoms with Crippen LogP contribution in [0.4, 0.5) is 5.69 Å². The molecule has 6 heteroatoms. The highest BCUT2D eigenvalue weighted by Gasteiger charge is 2.21. The van der Waals surface area contributed by atoms with Crippen LogP contribution < -0.4 is 10.1 Å². The molecule has 0 unspecified atom stereocenters. The molecular weight excluding hydrogens is 334 g/mol. The third-order valence-corrected chi connectivity index (χ3v) is 3.55. The lowest BCUT2D eigenvalue weighted by molar-refractivity contribution is -0.154. The van der Waals surface area contributed by atoms with E-state index in [2.05, 4.69) is 5.32 Å². The molecule has 0 aromatic heterocycles. The summed E-state index contributed by atoms with van der Waals surface area (Å²) < 4.78 is 10.6. The van der Waals surface area contributed by atoms with Gasteiger partial charge < -0.3 is 14.8 Å². The van der Waals surface area contributed by atoms with Crippen molar-refractivity contribution in [2.75, 3.05) is 11.9 Å². The zero-order valence-electron chi connectivity index (χ0n) is 14.7. The number of ether oxygens (including phenoxy) is 2. The van der Waals surface area contributed by atoms with Gasteiger partial charge in [0.05, 0.1) is 0 Å². The van der Waals surface area contributed by atoms with Gasteiger partial charge in [0, 0.05) is 11.3 Å². The molecule has 2 aromatic carbocycles. The van der Waals surface area contributed by atoms with Gasteiger partial charge in [-0.15, -0.1) is 0 Å². The molecule has 1 amide bonds. The van der Waals surface area contributed by atoms with E-state index in [1.807, 2.05) is 6.07 Å². The number of carbonyl (C=O) groups is 3. The van der Waals surface area contributed by atoms with Crippen LogP contribution in [-0.2, 0) is 14.3 Å². The number of amides is 1. The number of hydrogen-bond acceptors (Lipinski definition) is 5. The van der Waals surface area contributed by atoms with Gasteiger partial charge in [-0.05, 0) is 37.6 Å². The summed E-state index contributed by atoms with van der Waals surface area (Å²) in [6, 6.07) is 15.5. The van der Waals surface area contributed by atoms with Crippen LogP contribution >= 0.6 is 0 Å². The Morgan fingerprint density at radius 3 is 2.42 bits per heavy atom. The monoisotopic (exact) mass is 355 g/mol. The summed E-state index contributed by atoms with van der Waals surface area (Å²) in [7, 11) is 0. The van der Waals surface area contributed by atoms with E-state index in [1.165, 1.54) is 6.92 Å². The van der Waals surface area contributed by atoms with Crippen LogP contribution in [0.25, 0.3) is 0 Å². The van der Waals surface area contributed by atoms with E-state index in [0.29, 0.717) is 23.4 Å². The van der Waals surface area contributed by atoms with E-state index in [-0.39, 0.29) is 5.78 Å². The standard InChI is InChI=1S/C20H21NO5/c1-3-18(26-17-10-5-4-6-11-17)20(24)25-13-19(23)21-16-9-7-8-15(12-16)14(2)22/h4-12,18H,3,13H2,1-2H3,(H,21,23)/t18-/m1/s1. The molecule has 0 radical (unpaired) electrons.